The molecule has 1 aromatic rings. The summed E-state index contributed by atoms with van der Waals surface area (Å²) in [6.45, 7) is 0. The molecule has 0 saturated heterocycles. The zero-order chi connectivity index (χ0) is 10.2. The smallest absolute Gasteiger partial charge is 0.0994 e. The Kier molecular flexibility index (Phi) is 0.773. The zero-order valence-corrected chi connectivity index (χ0v) is 8.80. The number of nitrogens with zero attached hydrogens (tertiary/aromatic N) is 1. The minimum Gasteiger partial charge on any atom is -0.192 e. The molecule has 6 aliphatic rings. The third-order valence-corrected chi connectivity index (χ3v) is 6.72. The maximum Gasteiger partial charge on any atom is 0.0994 e. The predicted molar refractivity (Wildman–Crippen MR) is 57.6 cm³/mol. The highest BCUT2D eigenvalue weighted by Gasteiger charge is 2.88. The van der Waals surface area contributed by atoms with Crippen LogP contribution in [0.1, 0.15) is 28.5 Å². The molecular weight excluding hydrogens is 194 g/mol. The molecular formula is C15H11N. The van der Waals surface area contributed by atoms with E-state index in [-0.39, 0.29) is 0 Å². The van der Waals surface area contributed by atoms with Gasteiger partial charge >= 0.3 is 0 Å². The van der Waals surface area contributed by atoms with Crippen molar-refractivity contribution in [3.63, 3.8) is 0 Å². The maximum absolute atomic E-state index is 9.26. The van der Waals surface area contributed by atoms with Gasteiger partial charge in [0.05, 0.1) is 11.6 Å². The molecule has 0 N–H and O–H groups in total. The highest BCUT2D eigenvalue weighted by molar-refractivity contribution is 5.60. The van der Waals surface area contributed by atoms with Crippen LogP contribution in [0.3, 0.4) is 0 Å². The summed E-state index contributed by atoms with van der Waals surface area (Å²) in [4.78, 5) is 0. The topological polar surface area (TPSA) is 23.8 Å². The molecule has 0 radical (unpaired) electrons. The number of rotatable bonds is 0. The molecule has 7 rings (SSSR count). The molecule has 0 amide bonds. The van der Waals surface area contributed by atoms with Crippen molar-refractivity contribution in [1.82, 2.24) is 0 Å². The van der Waals surface area contributed by atoms with Gasteiger partial charge in [-0.15, -0.1) is 0 Å². The predicted octanol–water partition coefficient (Wildman–Crippen LogP) is 2.49. The first-order valence-corrected chi connectivity index (χ1v) is 6.46. The van der Waals surface area contributed by atoms with Crippen molar-refractivity contribution >= 4 is 0 Å². The van der Waals surface area contributed by atoms with Gasteiger partial charge in [-0.05, 0) is 64.5 Å². The van der Waals surface area contributed by atoms with E-state index in [2.05, 4.69) is 18.2 Å². The fourth-order valence-corrected chi connectivity index (χ4v) is 6.56. The molecule has 1 aromatic carbocycles. The van der Waals surface area contributed by atoms with Gasteiger partial charge in [-0.1, -0.05) is 12.1 Å². The van der Waals surface area contributed by atoms with Gasteiger partial charge in [0.2, 0.25) is 0 Å². The lowest BCUT2D eigenvalue weighted by Crippen LogP contribution is -2.87. The van der Waals surface area contributed by atoms with Gasteiger partial charge in [0.25, 0.3) is 0 Å². The van der Waals surface area contributed by atoms with Gasteiger partial charge in [-0.3, -0.25) is 0 Å². The van der Waals surface area contributed by atoms with Crippen molar-refractivity contribution < 1.29 is 0 Å². The van der Waals surface area contributed by atoms with Gasteiger partial charge in [-0.25, -0.2) is 0 Å². The van der Waals surface area contributed by atoms with Crippen molar-refractivity contribution in [3.05, 3.63) is 34.9 Å². The van der Waals surface area contributed by atoms with E-state index < -0.39 is 0 Å². The third-order valence-electron chi connectivity index (χ3n) is 6.72. The Hall–Kier alpha value is -1.29. The lowest BCUT2D eigenvalue weighted by molar-refractivity contribution is -0.407. The molecule has 4 saturated carbocycles. The van der Waals surface area contributed by atoms with E-state index in [4.69, 9.17) is 0 Å². The molecule has 0 spiro atoms. The summed E-state index contributed by atoms with van der Waals surface area (Å²) in [5.74, 6) is 8.03. The van der Waals surface area contributed by atoms with Gasteiger partial charge < -0.3 is 0 Å². The average molecular weight is 205 g/mol. The summed E-state index contributed by atoms with van der Waals surface area (Å²) in [6.07, 6.45) is 0. The second-order valence-electron chi connectivity index (χ2n) is 6.44. The van der Waals surface area contributed by atoms with E-state index in [0.717, 1.165) is 52.9 Å². The molecule has 0 aromatic heterocycles. The van der Waals surface area contributed by atoms with Gasteiger partial charge in [0.15, 0.2) is 0 Å². The normalized spacial score (nSPS) is 59.2. The van der Waals surface area contributed by atoms with Gasteiger partial charge in [0.1, 0.15) is 0 Å². The van der Waals surface area contributed by atoms with Crippen LogP contribution in [0.2, 0.25) is 0 Å². The monoisotopic (exact) mass is 205 g/mol. The van der Waals surface area contributed by atoms with Gasteiger partial charge in [0, 0.05) is 0 Å². The number of benzene rings is 1. The summed E-state index contributed by atoms with van der Waals surface area (Å²) in [5.41, 5.74) is 4.03. The molecule has 8 atom stereocenters. The van der Waals surface area contributed by atoms with Crippen LogP contribution in [0, 0.1) is 46.8 Å². The van der Waals surface area contributed by atoms with E-state index in [9.17, 15) is 5.26 Å². The van der Waals surface area contributed by atoms with Crippen LogP contribution < -0.4 is 0 Å². The summed E-state index contributed by atoms with van der Waals surface area (Å²) in [7, 11) is 0. The Labute approximate surface area is 94.1 Å². The van der Waals surface area contributed by atoms with Crippen molar-refractivity contribution in [1.29, 1.82) is 5.26 Å². The van der Waals surface area contributed by atoms with Crippen LogP contribution in [-0.2, 0) is 0 Å². The van der Waals surface area contributed by atoms with E-state index >= 15 is 0 Å². The standard InChI is InChI=1S/C15H11N/c16-4-5-2-1-3-6-7(5)9-12-10-8(6)11-13(9)15(12)14(10)11/h1-3,8-15H/t8?,9?,10-,11+,12-,13+,14?,15?. The zero-order valence-electron chi connectivity index (χ0n) is 8.80. The van der Waals surface area contributed by atoms with Crippen LogP contribution in [-0.4, -0.2) is 0 Å². The minimum atomic E-state index is 0.806. The highest BCUT2D eigenvalue weighted by Crippen LogP contribution is 2.94. The van der Waals surface area contributed by atoms with Crippen LogP contribution in [0.5, 0.6) is 0 Å². The first-order valence-electron chi connectivity index (χ1n) is 6.46. The van der Waals surface area contributed by atoms with Crippen LogP contribution in [0.25, 0.3) is 0 Å². The molecule has 1 heteroatoms. The first kappa shape index (κ1) is 7.12. The molecule has 4 fully saturated rings. The molecule has 0 aliphatic heterocycles. The molecule has 0 heterocycles. The first-order chi connectivity index (χ1) is 7.93. The maximum atomic E-state index is 9.26. The summed E-state index contributed by atoms with van der Waals surface area (Å²) < 4.78 is 0. The van der Waals surface area contributed by atoms with Crippen molar-refractivity contribution in [2.24, 2.45) is 35.5 Å². The number of hydrogen-bond acceptors (Lipinski definition) is 1. The van der Waals surface area contributed by atoms with Crippen molar-refractivity contribution in [3.8, 4) is 6.07 Å². The molecule has 6 aliphatic carbocycles. The summed E-state index contributed by atoms with van der Waals surface area (Å²) >= 11 is 0. The summed E-state index contributed by atoms with van der Waals surface area (Å²) in [5, 5.41) is 9.26. The Morgan fingerprint density at radius 3 is 2.25 bits per heavy atom. The molecule has 1 nitrogen and oxygen atoms in total. The highest BCUT2D eigenvalue weighted by atomic mass is 14.9. The Morgan fingerprint density at radius 2 is 1.56 bits per heavy atom. The lowest BCUT2D eigenvalue weighted by Gasteiger charge is -2.93. The second-order valence-corrected chi connectivity index (χ2v) is 6.44. The minimum absolute atomic E-state index is 0.806. The Bertz CT molecular complexity index is 590. The molecule has 4 unspecified atom stereocenters. The molecule has 2 bridgehead atoms. The largest absolute Gasteiger partial charge is 0.192 e. The fraction of sp³-hybridized carbons (Fsp3) is 0.533. The summed E-state index contributed by atoms with van der Waals surface area (Å²) in [6, 6.07) is 8.85. The van der Waals surface area contributed by atoms with Crippen LogP contribution in [0.4, 0.5) is 0 Å². The SMILES string of the molecule is N#Cc1cccc2c1C1[C@@H]3C4C5[C@H]3C2[C@@H]5[C@@H]14. The Balaban J connectivity index is 1.72. The van der Waals surface area contributed by atoms with E-state index in [1.807, 2.05) is 6.07 Å². The third kappa shape index (κ3) is 0.392. The van der Waals surface area contributed by atoms with Crippen molar-refractivity contribution in [2.45, 2.75) is 11.8 Å². The Morgan fingerprint density at radius 1 is 0.875 bits per heavy atom. The lowest BCUT2D eigenvalue weighted by atomic mass is 9.11. The van der Waals surface area contributed by atoms with Gasteiger partial charge in [-0.2, -0.15) is 5.26 Å². The molecule has 76 valence electrons. The number of hydrogen-bond donors (Lipinski definition) is 0. The van der Waals surface area contributed by atoms with Crippen molar-refractivity contribution in [2.75, 3.05) is 0 Å². The second kappa shape index (κ2) is 1.74. The van der Waals surface area contributed by atoms with Crippen LogP contribution >= 0.6 is 0 Å². The van der Waals surface area contributed by atoms with E-state index in [1.165, 1.54) is 5.56 Å². The quantitative estimate of drug-likeness (QED) is 0.638. The van der Waals surface area contributed by atoms with E-state index in [1.54, 1.807) is 5.56 Å². The molecule has 16 heavy (non-hydrogen) atoms. The average Bonchev–Trinajstić information content (AvgIpc) is 2.29. The fourth-order valence-electron chi connectivity index (χ4n) is 6.56. The number of nitriles is 1. The van der Waals surface area contributed by atoms with Crippen LogP contribution in [0.15, 0.2) is 18.2 Å². The van der Waals surface area contributed by atoms with E-state index in [0.29, 0.717) is 0 Å².